The quantitative estimate of drug-likeness (QED) is 0.876. The average Bonchev–Trinajstić information content (AvgIpc) is 3.02. The van der Waals surface area contributed by atoms with Crippen molar-refractivity contribution < 1.29 is 4.79 Å². The predicted molar refractivity (Wildman–Crippen MR) is 96.7 cm³/mol. The van der Waals surface area contributed by atoms with Crippen LogP contribution in [-0.2, 0) is 17.9 Å². The van der Waals surface area contributed by atoms with Gasteiger partial charge in [0.2, 0.25) is 5.91 Å². The maximum Gasteiger partial charge on any atom is 0.222 e. The summed E-state index contributed by atoms with van der Waals surface area (Å²) in [6.07, 6.45) is 4.64. The van der Waals surface area contributed by atoms with Gasteiger partial charge in [0.25, 0.3) is 0 Å². The summed E-state index contributed by atoms with van der Waals surface area (Å²) < 4.78 is 0. The van der Waals surface area contributed by atoms with E-state index in [0.29, 0.717) is 18.9 Å². The number of nitrogens with one attached hydrogen (secondary N) is 1. The largest absolute Gasteiger partial charge is 0.340 e. The number of amides is 1. The lowest BCUT2D eigenvalue weighted by Crippen LogP contribution is -2.36. The van der Waals surface area contributed by atoms with E-state index in [1.54, 1.807) is 4.90 Å². The zero-order chi connectivity index (χ0) is 17.6. The van der Waals surface area contributed by atoms with Gasteiger partial charge in [-0.05, 0) is 57.0 Å². The highest BCUT2D eigenvalue weighted by atomic mass is 16.2. The van der Waals surface area contributed by atoms with Gasteiger partial charge >= 0.3 is 0 Å². The highest BCUT2D eigenvalue weighted by molar-refractivity contribution is 5.76. The fraction of sp³-hybridized carbons (Fsp3) is 0.526. The van der Waals surface area contributed by atoms with Gasteiger partial charge in [0.1, 0.15) is 0 Å². The van der Waals surface area contributed by atoms with Crippen LogP contribution in [0.4, 0.5) is 0 Å². The molecule has 25 heavy (non-hydrogen) atoms. The van der Waals surface area contributed by atoms with Crippen molar-refractivity contribution in [1.29, 1.82) is 0 Å². The van der Waals surface area contributed by atoms with Crippen molar-refractivity contribution in [3.63, 3.8) is 0 Å². The standard InChI is InChI=1S/C19H27N5O/c1-15-11-18(22-21-15)13-23(2)19(25)12-16-6-9-24(10-7-16)14-17-5-3-4-8-20-17/h3-5,8,11,16H,6-7,9-10,12-14H2,1-2H3,(H,21,22). The minimum Gasteiger partial charge on any atom is -0.340 e. The number of rotatable bonds is 6. The van der Waals surface area contributed by atoms with Crippen LogP contribution in [-0.4, -0.2) is 51.0 Å². The summed E-state index contributed by atoms with van der Waals surface area (Å²) in [6.45, 7) is 5.52. The number of carbonyl (C=O) groups is 1. The lowest BCUT2D eigenvalue weighted by molar-refractivity contribution is -0.131. The second-order valence-corrected chi connectivity index (χ2v) is 7.04. The average molecular weight is 341 g/mol. The van der Waals surface area contributed by atoms with Gasteiger partial charge in [0.15, 0.2) is 0 Å². The molecule has 0 saturated carbocycles. The van der Waals surface area contributed by atoms with Crippen LogP contribution in [0.3, 0.4) is 0 Å². The summed E-state index contributed by atoms with van der Waals surface area (Å²) in [7, 11) is 1.86. The first-order valence-electron chi connectivity index (χ1n) is 8.97. The van der Waals surface area contributed by atoms with E-state index < -0.39 is 0 Å². The van der Waals surface area contributed by atoms with Crippen LogP contribution in [0.25, 0.3) is 0 Å². The van der Waals surface area contributed by atoms with E-state index in [9.17, 15) is 4.79 Å². The molecule has 0 aromatic carbocycles. The molecule has 3 heterocycles. The van der Waals surface area contributed by atoms with E-state index in [2.05, 4.69) is 26.1 Å². The van der Waals surface area contributed by atoms with E-state index in [0.717, 1.165) is 49.6 Å². The molecule has 0 aliphatic carbocycles. The van der Waals surface area contributed by atoms with Crippen molar-refractivity contribution in [2.75, 3.05) is 20.1 Å². The summed E-state index contributed by atoms with van der Waals surface area (Å²) in [5, 5.41) is 7.12. The van der Waals surface area contributed by atoms with Crippen molar-refractivity contribution in [2.24, 2.45) is 5.92 Å². The SMILES string of the molecule is Cc1cc(CN(C)C(=O)CC2CCN(Cc3ccccn3)CC2)n[nH]1. The molecule has 0 unspecified atom stereocenters. The lowest BCUT2D eigenvalue weighted by Gasteiger charge is -2.32. The molecular weight excluding hydrogens is 314 g/mol. The number of hydrogen-bond acceptors (Lipinski definition) is 4. The van der Waals surface area contributed by atoms with Crippen molar-refractivity contribution in [1.82, 2.24) is 25.0 Å². The molecule has 1 aliphatic heterocycles. The molecule has 0 radical (unpaired) electrons. The van der Waals surface area contributed by atoms with Crippen LogP contribution in [0.1, 0.15) is 36.3 Å². The highest BCUT2D eigenvalue weighted by Gasteiger charge is 2.23. The highest BCUT2D eigenvalue weighted by Crippen LogP contribution is 2.22. The predicted octanol–water partition coefficient (Wildman–Crippen LogP) is 2.37. The summed E-state index contributed by atoms with van der Waals surface area (Å²) in [5.41, 5.74) is 3.06. The number of nitrogens with zero attached hydrogens (tertiary/aromatic N) is 4. The molecule has 1 fully saturated rings. The molecule has 6 heteroatoms. The number of piperidine rings is 1. The molecular formula is C19H27N5O. The Labute approximate surface area is 149 Å². The van der Waals surface area contributed by atoms with Crippen LogP contribution in [0, 0.1) is 12.8 Å². The first-order valence-corrected chi connectivity index (χ1v) is 8.97. The van der Waals surface area contributed by atoms with Gasteiger partial charge in [0.05, 0.1) is 17.9 Å². The molecule has 3 rings (SSSR count). The van der Waals surface area contributed by atoms with Gasteiger partial charge in [-0.2, -0.15) is 5.10 Å². The Hall–Kier alpha value is -2.21. The summed E-state index contributed by atoms with van der Waals surface area (Å²) in [4.78, 5) is 21.1. The van der Waals surface area contributed by atoms with Crippen LogP contribution in [0.2, 0.25) is 0 Å². The number of carbonyl (C=O) groups excluding carboxylic acids is 1. The minimum atomic E-state index is 0.212. The molecule has 6 nitrogen and oxygen atoms in total. The fourth-order valence-electron chi connectivity index (χ4n) is 3.36. The third kappa shape index (κ3) is 5.13. The molecule has 0 bridgehead atoms. The number of H-pyrrole nitrogens is 1. The first kappa shape index (κ1) is 17.6. The van der Waals surface area contributed by atoms with Crippen molar-refractivity contribution in [3.05, 3.63) is 47.5 Å². The Morgan fingerprint density at radius 1 is 1.32 bits per heavy atom. The molecule has 0 spiro atoms. The summed E-state index contributed by atoms with van der Waals surface area (Å²) in [5.74, 6) is 0.694. The van der Waals surface area contributed by atoms with E-state index in [1.807, 2.05) is 38.4 Å². The van der Waals surface area contributed by atoms with Crippen LogP contribution in [0.5, 0.6) is 0 Å². The number of aromatic nitrogens is 3. The van der Waals surface area contributed by atoms with Crippen molar-refractivity contribution in [2.45, 2.75) is 39.3 Å². The molecule has 1 saturated heterocycles. The van der Waals surface area contributed by atoms with Gasteiger partial charge in [-0.3, -0.25) is 19.8 Å². The Balaban J connectivity index is 1.41. The Bertz CT molecular complexity index is 676. The van der Waals surface area contributed by atoms with Crippen molar-refractivity contribution >= 4 is 5.91 Å². The second-order valence-electron chi connectivity index (χ2n) is 7.04. The second kappa shape index (κ2) is 8.25. The monoisotopic (exact) mass is 341 g/mol. The van der Waals surface area contributed by atoms with Gasteiger partial charge in [-0.1, -0.05) is 6.07 Å². The molecule has 1 N–H and O–H groups in total. The molecule has 1 amide bonds. The molecule has 0 atom stereocenters. The summed E-state index contributed by atoms with van der Waals surface area (Å²) >= 11 is 0. The first-order chi connectivity index (χ1) is 12.1. The minimum absolute atomic E-state index is 0.212. The maximum atomic E-state index is 12.5. The van der Waals surface area contributed by atoms with Gasteiger partial charge in [0, 0.05) is 31.9 Å². The Morgan fingerprint density at radius 3 is 2.76 bits per heavy atom. The lowest BCUT2D eigenvalue weighted by atomic mass is 9.93. The molecule has 2 aromatic heterocycles. The van der Waals surface area contributed by atoms with Gasteiger partial charge in [-0.15, -0.1) is 0 Å². The maximum absolute atomic E-state index is 12.5. The van der Waals surface area contributed by atoms with Gasteiger partial charge < -0.3 is 4.90 Å². The summed E-state index contributed by atoms with van der Waals surface area (Å²) in [6, 6.07) is 8.04. The zero-order valence-corrected chi connectivity index (χ0v) is 15.1. The number of likely N-dealkylation sites (tertiary alicyclic amines) is 1. The third-order valence-electron chi connectivity index (χ3n) is 4.87. The van der Waals surface area contributed by atoms with Crippen LogP contribution in [0.15, 0.2) is 30.5 Å². The topological polar surface area (TPSA) is 65.1 Å². The van der Waals surface area contributed by atoms with E-state index in [1.165, 1.54) is 0 Å². The van der Waals surface area contributed by atoms with E-state index in [4.69, 9.17) is 0 Å². The zero-order valence-electron chi connectivity index (χ0n) is 15.1. The number of pyridine rings is 1. The molecule has 134 valence electrons. The molecule has 2 aromatic rings. The smallest absolute Gasteiger partial charge is 0.222 e. The van der Waals surface area contributed by atoms with E-state index in [-0.39, 0.29) is 5.91 Å². The number of hydrogen-bond donors (Lipinski definition) is 1. The van der Waals surface area contributed by atoms with Crippen LogP contribution >= 0.6 is 0 Å². The Morgan fingerprint density at radius 2 is 2.12 bits per heavy atom. The van der Waals surface area contributed by atoms with Crippen molar-refractivity contribution in [3.8, 4) is 0 Å². The normalized spacial score (nSPS) is 16.1. The third-order valence-corrected chi connectivity index (χ3v) is 4.87. The number of aryl methyl sites for hydroxylation is 1. The van der Waals surface area contributed by atoms with Gasteiger partial charge in [-0.25, -0.2) is 0 Å². The van der Waals surface area contributed by atoms with E-state index >= 15 is 0 Å². The molecule has 1 aliphatic rings. The fourth-order valence-corrected chi connectivity index (χ4v) is 3.36. The number of aromatic amines is 1. The van der Waals surface area contributed by atoms with Crippen LogP contribution < -0.4 is 0 Å². The Kier molecular flexibility index (Phi) is 5.81.